The van der Waals surface area contributed by atoms with Crippen LogP contribution in [0.2, 0.25) is 0 Å². The van der Waals surface area contributed by atoms with E-state index in [1.807, 2.05) is 0 Å². The standard InChI is InChI=1S/C27H26N2O8S/c1-13-11-15(7-9-18(13)35-4)22(30)20-21(17-12-16(34-3)8-10-19(17)36-5)29(25(32)23(20)31)27-28-14(2)24(38-27)26(33)37-6/h7-12,21,30H,1-6H3/t21-/m0/s1. The van der Waals surface area contributed by atoms with E-state index in [-0.39, 0.29) is 21.3 Å². The molecule has 38 heavy (non-hydrogen) atoms. The minimum Gasteiger partial charge on any atom is -0.507 e. The van der Waals surface area contributed by atoms with Crippen LogP contribution >= 0.6 is 11.3 Å². The first-order chi connectivity index (χ1) is 18.2. The Kier molecular flexibility index (Phi) is 7.40. The molecule has 4 rings (SSSR count). The van der Waals surface area contributed by atoms with E-state index in [0.717, 1.165) is 21.8 Å². The second kappa shape index (κ2) is 10.5. The number of hydrogen-bond acceptors (Lipinski definition) is 10. The molecule has 11 heteroatoms. The summed E-state index contributed by atoms with van der Waals surface area (Å²) in [6, 6.07) is 8.70. The first-order valence-electron chi connectivity index (χ1n) is 11.4. The molecule has 3 aromatic rings. The summed E-state index contributed by atoms with van der Waals surface area (Å²) in [5.74, 6) is -1.45. The number of ether oxygens (including phenoxy) is 4. The van der Waals surface area contributed by atoms with Gasteiger partial charge in [0.05, 0.1) is 39.7 Å². The van der Waals surface area contributed by atoms with Gasteiger partial charge in [-0.2, -0.15) is 0 Å². The number of rotatable bonds is 7. The molecule has 0 aliphatic carbocycles. The van der Waals surface area contributed by atoms with Gasteiger partial charge in [0.2, 0.25) is 0 Å². The number of esters is 1. The zero-order valence-electron chi connectivity index (χ0n) is 21.6. The van der Waals surface area contributed by atoms with Crippen LogP contribution in [0, 0.1) is 13.8 Å². The van der Waals surface area contributed by atoms with Gasteiger partial charge in [0.25, 0.3) is 5.78 Å². The smallest absolute Gasteiger partial charge is 0.350 e. The Hall–Kier alpha value is -4.38. The van der Waals surface area contributed by atoms with Gasteiger partial charge in [-0.05, 0) is 55.8 Å². The van der Waals surface area contributed by atoms with Crippen LogP contribution in [0.5, 0.6) is 17.2 Å². The van der Waals surface area contributed by atoms with Crippen molar-refractivity contribution in [2.24, 2.45) is 0 Å². The fourth-order valence-corrected chi connectivity index (χ4v) is 5.34. The Balaban J connectivity index is 2.01. The number of aryl methyl sites for hydroxylation is 2. The maximum Gasteiger partial charge on any atom is 0.350 e. The van der Waals surface area contributed by atoms with Crippen LogP contribution in [0.3, 0.4) is 0 Å². The molecule has 1 saturated heterocycles. The summed E-state index contributed by atoms with van der Waals surface area (Å²) in [7, 11) is 5.70. The van der Waals surface area contributed by atoms with Crippen LogP contribution in [-0.4, -0.2) is 56.2 Å². The van der Waals surface area contributed by atoms with Gasteiger partial charge in [-0.3, -0.25) is 14.5 Å². The summed E-state index contributed by atoms with van der Waals surface area (Å²) in [5, 5.41) is 11.5. The van der Waals surface area contributed by atoms with Crippen LogP contribution in [-0.2, 0) is 14.3 Å². The number of benzene rings is 2. The van der Waals surface area contributed by atoms with Crippen LogP contribution in [0.15, 0.2) is 42.0 Å². The molecule has 1 N–H and O–H groups in total. The third kappa shape index (κ3) is 4.45. The van der Waals surface area contributed by atoms with Crippen molar-refractivity contribution in [1.82, 2.24) is 4.98 Å². The molecular weight excluding hydrogens is 512 g/mol. The van der Waals surface area contributed by atoms with Crippen molar-refractivity contribution in [3.63, 3.8) is 0 Å². The summed E-state index contributed by atoms with van der Waals surface area (Å²) in [6.45, 7) is 3.40. The second-order valence-electron chi connectivity index (χ2n) is 8.36. The van der Waals surface area contributed by atoms with Crippen molar-refractivity contribution in [3.8, 4) is 17.2 Å². The topological polar surface area (TPSA) is 124 Å². The van der Waals surface area contributed by atoms with Crippen molar-refractivity contribution in [2.75, 3.05) is 33.3 Å². The molecule has 0 radical (unpaired) electrons. The second-order valence-corrected chi connectivity index (χ2v) is 9.34. The quantitative estimate of drug-likeness (QED) is 0.204. The molecule has 0 saturated carbocycles. The Morgan fingerprint density at radius 3 is 2.26 bits per heavy atom. The lowest BCUT2D eigenvalue weighted by Gasteiger charge is -2.25. The molecule has 0 spiro atoms. The van der Waals surface area contributed by atoms with E-state index in [1.54, 1.807) is 50.2 Å². The summed E-state index contributed by atoms with van der Waals surface area (Å²) in [4.78, 5) is 45.0. The lowest BCUT2D eigenvalue weighted by atomic mass is 9.94. The van der Waals surface area contributed by atoms with Crippen LogP contribution in [0.4, 0.5) is 5.13 Å². The van der Waals surface area contributed by atoms with Gasteiger partial charge in [0, 0.05) is 11.1 Å². The van der Waals surface area contributed by atoms with Crippen LogP contribution < -0.4 is 19.1 Å². The fourth-order valence-electron chi connectivity index (χ4n) is 4.33. The molecule has 198 valence electrons. The van der Waals surface area contributed by atoms with E-state index in [4.69, 9.17) is 18.9 Å². The van der Waals surface area contributed by atoms with Crippen LogP contribution in [0.1, 0.15) is 38.1 Å². The average molecular weight is 539 g/mol. The van der Waals surface area contributed by atoms with Gasteiger partial charge in [-0.1, -0.05) is 11.3 Å². The summed E-state index contributed by atoms with van der Waals surface area (Å²) in [5.41, 5.74) is 1.59. The summed E-state index contributed by atoms with van der Waals surface area (Å²) in [6.07, 6.45) is 0. The lowest BCUT2D eigenvalue weighted by Crippen LogP contribution is -2.29. The Bertz CT molecular complexity index is 1480. The van der Waals surface area contributed by atoms with Gasteiger partial charge >= 0.3 is 11.9 Å². The van der Waals surface area contributed by atoms with Crippen molar-refractivity contribution < 1.29 is 38.4 Å². The number of ketones is 1. The molecule has 0 bridgehead atoms. The van der Waals surface area contributed by atoms with E-state index in [0.29, 0.717) is 34.1 Å². The van der Waals surface area contributed by atoms with Crippen molar-refractivity contribution in [2.45, 2.75) is 19.9 Å². The number of thiazole rings is 1. The minimum absolute atomic E-state index is 0.0878. The number of Topliss-reactive ketones (excluding diaryl/α,β-unsaturated/α-hetero) is 1. The molecular formula is C27H26N2O8S. The average Bonchev–Trinajstić information content (AvgIpc) is 3.43. The van der Waals surface area contributed by atoms with Crippen molar-refractivity contribution in [3.05, 3.63) is 69.2 Å². The largest absolute Gasteiger partial charge is 0.507 e. The summed E-state index contributed by atoms with van der Waals surface area (Å²) >= 11 is 0.908. The highest BCUT2D eigenvalue weighted by atomic mass is 32.1. The third-order valence-corrected chi connectivity index (χ3v) is 7.34. The van der Waals surface area contributed by atoms with Gasteiger partial charge < -0.3 is 24.1 Å². The Morgan fingerprint density at radius 2 is 1.66 bits per heavy atom. The number of amides is 1. The van der Waals surface area contributed by atoms with Crippen molar-refractivity contribution in [1.29, 1.82) is 0 Å². The van der Waals surface area contributed by atoms with Gasteiger partial charge in [0.1, 0.15) is 33.9 Å². The highest BCUT2D eigenvalue weighted by molar-refractivity contribution is 7.17. The van der Waals surface area contributed by atoms with E-state index in [2.05, 4.69) is 4.98 Å². The molecule has 2 heterocycles. The van der Waals surface area contributed by atoms with Gasteiger partial charge in [-0.25, -0.2) is 9.78 Å². The SMILES string of the molecule is COC(=O)c1sc(N2C(=O)C(=O)C(=C(O)c3ccc(OC)c(C)c3)[C@@H]2c2cc(OC)ccc2OC)nc1C. The molecule has 1 aromatic heterocycles. The number of carbonyl (C=O) groups excluding carboxylic acids is 3. The number of hydrogen-bond donors (Lipinski definition) is 1. The maximum absolute atomic E-state index is 13.5. The molecule has 1 fully saturated rings. The lowest BCUT2D eigenvalue weighted by molar-refractivity contribution is -0.132. The monoisotopic (exact) mass is 538 g/mol. The molecule has 1 atom stereocenters. The predicted octanol–water partition coefficient (Wildman–Crippen LogP) is 4.20. The van der Waals surface area contributed by atoms with E-state index in [9.17, 15) is 19.5 Å². The molecule has 0 unspecified atom stereocenters. The van der Waals surface area contributed by atoms with Crippen molar-refractivity contribution >= 4 is 39.9 Å². The Morgan fingerprint density at radius 1 is 0.974 bits per heavy atom. The summed E-state index contributed by atoms with van der Waals surface area (Å²) < 4.78 is 21.1. The Labute approximate surface area is 223 Å². The third-order valence-electron chi connectivity index (χ3n) is 6.21. The van der Waals surface area contributed by atoms with Crippen LogP contribution in [0.25, 0.3) is 5.76 Å². The molecule has 1 amide bonds. The van der Waals surface area contributed by atoms with E-state index < -0.39 is 23.7 Å². The van der Waals surface area contributed by atoms with Gasteiger partial charge in [-0.15, -0.1) is 0 Å². The zero-order chi connectivity index (χ0) is 27.7. The fraction of sp³-hybridized carbons (Fsp3) is 0.259. The number of methoxy groups -OCH3 is 4. The minimum atomic E-state index is -1.14. The first kappa shape index (κ1) is 26.7. The predicted molar refractivity (Wildman–Crippen MR) is 140 cm³/mol. The van der Waals surface area contributed by atoms with E-state index >= 15 is 0 Å². The number of carbonyl (C=O) groups is 3. The highest BCUT2D eigenvalue weighted by Gasteiger charge is 2.49. The number of aromatic nitrogens is 1. The normalized spacial score (nSPS) is 16.5. The zero-order valence-corrected chi connectivity index (χ0v) is 22.5. The van der Waals surface area contributed by atoms with E-state index in [1.165, 1.54) is 28.4 Å². The highest BCUT2D eigenvalue weighted by Crippen LogP contribution is 2.47. The molecule has 2 aromatic carbocycles. The first-order valence-corrected chi connectivity index (χ1v) is 12.2. The molecule has 1 aliphatic rings. The number of aliphatic hydroxyl groups is 1. The number of nitrogens with zero attached hydrogens (tertiary/aromatic N) is 2. The maximum atomic E-state index is 13.5. The molecule has 1 aliphatic heterocycles. The number of aliphatic hydroxyl groups excluding tert-OH is 1. The number of anilines is 1. The molecule has 10 nitrogen and oxygen atoms in total. The van der Waals surface area contributed by atoms with Gasteiger partial charge in [0.15, 0.2) is 5.13 Å².